The Hall–Kier alpha value is -0.130. The monoisotopic (exact) mass is 208 g/mol. The fraction of sp³-hybridized carbons (Fsp3) is 1.00. The van der Waals surface area contributed by atoms with E-state index in [-0.39, 0.29) is 11.8 Å². The van der Waals surface area contributed by atoms with Gasteiger partial charge in [0, 0.05) is 18.1 Å². The van der Waals surface area contributed by atoms with E-state index in [9.17, 15) is 8.42 Å². The molecule has 4 nitrogen and oxygen atoms in total. The van der Waals surface area contributed by atoms with Crippen LogP contribution in [0.4, 0.5) is 0 Å². The van der Waals surface area contributed by atoms with Crippen molar-refractivity contribution < 1.29 is 8.42 Å². The number of rotatable bonds is 7. The second kappa shape index (κ2) is 6.34. The highest BCUT2D eigenvalue weighted by Gasteiger charge is 2.07. The van der Waals surface area contributed by atoms with Gasteiger partial charge in [0.25, 0.3) is 0 Å². The molecular weight excluding hydrogens is 188 g/mol. The summed E-state index contributed by atoms with van der Waals surface area (Å²) >= 11 is 0. The van der Waals surface area contributed by atoms with Crippen LogP contribution < -0.4 is 11.3 Å². The van der Waals surface area contributed by atoms with Crippen molar-refractivity contribution >= 4 is 9.84 Å². The van der Waals surface area contributed by atoms with Crippen molar-refractivity contribution in [2.75, 3.05) is 12.0 Å². The lowest BCUT2D eigenvalue weighted by molar-refractivity contribution is 0.454. The van der Waals surface area contributed by atoms with Gasteiger partial charge in [-0.2, -0.15) is 0 Å². The molecule has 0 heterocycles. The zero-order valence-electron chi connectivity index (χ0n) is 8.41. The molecule has 80 valence electrons. The Kier molecular flexibility index (Phi) is 6.28. The molecule has 0 aromatic rings. The molecule has 5 heteroatoms. The highest BCUT2D eigenvalue weighted by Crippen LogP contribution is 2.04. The Morgan fingerprint density at radius 1 is 1.38 bits per heavy atom. The summed E-state index contributed by atoms with van der Waals surface area (Å²) in [5.74, 6) is 5.57. The fourth-order valence-corrected chi connectivity index (χ4v) is 1.94. The van der Waals surface area contributed by atoms with Crippen LogP contribution >= 0.6 is 0 Å². The molecule has 0 radical (unpaired) electrons. The van der Waals surface area contributed by atoms with Gasteiger partial charge >= 0.3 is 0 Å². The van der Waals surface area contributed by atoms with Gasteiger partial charge in [0.2, 0.25) is 0 Å². The van der Waals surface area contributed by atoms with E-state index in [2.05, 4.69) is 12.3 Å². The fourth-order valence-electron chi connectivity index (χ4n) is 1.25. The van der Waals surface area contributed by atoms with Crippen LogP contribution in [-0.4, -0.2) is 26.5 Å². The van der Waals surface area contributed by atoms with Crippen LogP contribution in [0, 0.1) is 0 Å². The summed E-state index contributed by atoms with van der Waals surface area (Å²) in [7, 11) is -2.81. The third-order valence-electron chi connectivity index (χ3n) is 1.94. The topological polar surface area (TPSA) is 72.2 Å². The summed E-state index contributed by atoms with van der Waals surface area (Å²) in [6.45, 7) is 2.08. The Morgan fingerprint density at radius 3 is 2.38 bits per heavy atom. The molecule has 13 heavy (non-hydrogen) atoms. The molecule has 0 fully saturated rings. The largest absolute Gasteiger partial charge is 0.271 e. The van der Waals surface area contributed by atoms with Crippen molar-refractivity contribution in [1.29, 1.82) is 0 Å². The molecule has 0 rings (SSSR count). The highest BCUT2D eigenvalue weighted by molar-refractivity contribution is 7.90. The smallest absolute Gasteiger partial charge is 0.147 e. The normalized spacial score (nSPS) is 14.4. The predicted molar refractivity (Wildman–Crippen MR) is 55.0 cm³/mol. The van der Waals surface area contributed by atoms with Crippen LogP contribution in [0.25, 0.3) is 0 Å². The number of hydrogen-bond donors (Lipinski definition) is 2. The second-order valence-corrected chi connectivity index (χ2v) is 5.68. The first kappa shape index (κ1) is 12.9. The molecule has 0 aromatic carbocycles. The molecular formula is C8H20N2O2S. The van der Waals surface area contributed by atoms with Gasteiger partial charge in [-0.3, -0.25) is 11.3 Å². The third-order valence-corrected chi connectivity index (χ3v) is 2.97. The van der Waals surface area contributed by atoms with E-state index in [1.807, 2.05) is 0 Å². The average Bonchev–Trinajstić information content (AvgIpc) is 2.01. The molecule has 0 aliphatic carbocycles. The lowest BCUT2D eigenvalue weighted by Crippen LogP contribution is -2.35. The van der Waals surface area contributed by atoms with Gasteiger partial charge in [0.15, 0.2) is 0 Å². The first-order chi connectivity index (χ1) is 5.99. The van der Waals surface area contributed by atoms with Gasteiger partial charge in [-0.05, 0) is 19.3 Å². The SMILES string of the molecule is CCCC(CCCS(C)(=O)=O)NN. The van der Waals surface area contributed by atoms with E-state index in [1.165, 1.54) is 6.26 Å². The molecule has 3 N–H and O–H groups in total. The maximum Gasteiger partial charge on any atom is 0.147 e. The van der Waals surface area contributed by atoms with E-state index < -0.39 is 9.84 Å². The van der Waals surface area contributed by atoms with Crippen LogP contribution in [0.1, 0.15) is 32.6 Å². The van der Waals surface area contributed by atoms with Crippen molar-refractivity contribution in [3.63, 3.8) is 0 Å². The van der Waals surface area contributed by atoms with Gasteiger partial charge < -0.3 is 0 Å². The molecule has 1 atom stereocenters. The van der Waals surface area contributed by atoms with Crippen LogP contribution in [0.15, 0.2) is 0 Å². The van der Waals surface area contributed by atoms with Crippen LogP contribution in [0.3, 0.4) is 0 Å². The number of sulfone groups is 1. The Labute approximate surface area is 80.8 Å². The molecule has 0 aromatic heterocycles. The Bertz CT molecular complexity index is 214. The number of nitrogens with one attached hydrogen (secondary N) is 1. The van der Waals surface area contributed by atoms with Gasteiger partial charge in [0.05, 0.1) is 0 Å². The maximum atomic E-state index is 10.8. The lowest BCUT2D eigenvalue weighted by atomic mass is 10.1. The van der Waals surface area contributed by atoms with Crippen molar-refractivity contribution in [2.45, 2.75) is 38.6 Å². The third kappa shape index (κ3) is 8.21. The Balaban J connectivity index is 3.61. The predicted octanol–water partition coefficient (Wildman–Crippen LogP) is 0.443. The second-order valence-electron chi connectivity index (χ2n) is 3.42. The van der Waals surface area contributed by atoms with E-state index in [4.69, 9.17) is 5.84 Å². The Morgan fingerprint density at radius 2 is 2.00 bits per heavy atom. The van der Waals surface area contributed by atoms with E-state index in [0.717, 1.165) is 19.3 Å². The summed E-state index contributed by atoms with van der Waals surface area (Å²) in [6, 6.07) is 0.256. The average molecular weight is 208 g/mol. The number of hydrazine groups is 1. The molecule has 0 saturated heterocycles. The summed E-state index contributed by atoms with van der Waals surface area (Å²) in [5.41, 5.74) is 2.69. The quantitative estimate of drug-likeness (QED) is 0.470. The van der Waals surface area contributed by atoms with Crippen molar-refractivity contribution in [3.05, 3.63) is 0 Å². The molecule has 0 bridgehead atoms. The maximum absolute atomic E-state index is 10.8. The molecule has 0 amide bonds. The highest BCUT2D eigenvalue weighted by atomic mass is 32.2. The van der Waals surface area contributed by atoms with Crippen LogP contribution in [0.2, 0.25) is 0 Å². The van der Waals surface area contributed by atoms with Gasteiger partial charge in [-0.1, -0.05) is 13.3 Å². The number of hydrogen-bond acceptors (Lipinski definition) is 4. The van der Waals surface area contributed by atoms with Crippen molar-refractivity contribution in [1.82, 2.24) is 5.43 Å². The van der Waals surface area contributed by atoms with Gasteiger partial charge in [-0.25, -0.2) is 8.42 Å². The van der Waals surface area contributed by atoms with E-state index in [0.29, 0.717) is 6.42 Å². The van der Waals surface area contributed by atoms with Crippen LogP contribution in [-0.2, 0) is 9.84 Å². The van der Waals surface area contributed by atoms with E-state index in [1.54, 1.807) is 0 Å². The number of nitrogens with two attached hydrogens (primary N) is 1. The van der Waals surface area contributed by atoms with Crippen molar-refractivity contribution in [2.24, 2.45) is 5.84 Å². The first-order valence-corrected chi connectivity index (χ1v) is 6.69. The standard InChI is InChI=1S/C8H20N2O2S/c1-3-5-8(10-9)6-4-7-13(2,11)12/h8,10H,3-7,9H2,1-2H3. The molecule has 0 saturated carbocycles. The zero-order valence-corrected chi connectivity index (χ0v) is 9.23. The summed E-state index contributed by atoms with van der Waals surface area (Å²) < 4.78 is 21.6. The minimum absolute atomic E-state index is 0.256. The summed E-state index contributed by atoms with van der Waals surface area (Å²) in [4.78, 5) is 0. The van der Waals surface area contributed by atoms with Crippen molar-refractivity contribution in [3.8, 4) is 0 Å². The first-order valence-electron chi connectivity index (χ1n) is 4.63. The molecule has 0 aliphatic rings. The molecule has 0 aliphatic heterocycles. The minimum Gasteiger partial charge on any atom is -0.271 e. The lowest BCUT2D eigenvalue weighted by Gasteiger charge is -2.13. The zero-order chi connectivity index (χ0) is 10.3. The van der Waals surface area contributed by atoms with Crippen LogP contribution in [0.5, 0.6) is 0 Å². The molecule has 1 unspecified atom stereocenters. The minimum atomic E-state index is -2.81. The summed E-state index contributed by atoms with van der Waals surface area (Å²) in [6.07, 6.45) is 4.84. The molecule has 0 spiro atoms. The van der Waals surface area contributed by atoms with Gasteiger partial charge in [-0.15, -0.1) is 0 Å². The van der Waals surface area contributed by atoms with E-state index >= 15 is 0 Å². The van der Waals surface area contributed by atoms with Gasteiger partial charge in [0.1, 0.15) is 9.84 Å². The summed E-state index contributed by atoms with van der Waals surface area (Å²) in [5, 5.41) is 0.